The summed E-state index contributed by atoms with van der Waals surface area (Å²) >= 11 is 0. The maximum atomic E-state index is 12.6. The third-order valence-corrected chi connectivity index (χ3v) is 0.888. The van der Waals surface area contributed by atoms with E-state index in [1.165, 1.54) is 0 Å². The van der Waals surface area contributed by atoms with E-state index < -0.39 is 5.67 Å². The van der Waals surface area contributed by atoms with Crippen LogP contribution in [0.3, 0.4) is 0 Å². The Morgan fingerprint density at radius 3 is 2.44 bits per heavy atom. The van der Waals surface area contributed by atoms with Crippen molar-refractivity contribution in [3.63, 3.8) is 0 Å². The highest BCUT2D eigenvalue weighted by molar-refractivity contribution is 4.85. The molecular weight excluding hydrogens is 117 g/mol. The largest absolute Gasteiger partial charge is 0.394 e. The average Bonchev–Trinajstić information content (AvgIpc) is 1.63. The average molecular weight is 131 g/mol. The predicted octanol–water partition coefficient (Wildman–Crippen LogP) is 1.86. The highest BCUT2D eigenvalue weighted by Crippen LogP contribution is 2.13. The Balaban J connectivity index is 3.38. The second-order valence-corrected chi connectivity index (χ2v) is 2.61. The Hall–Kier alpha value is -0.530. The van der Waals surface area contributed by atoms with Crippen molar-refractivity contribution in [3.8, 4) is 0 Å². The van der Waals surface area contributed by atoms with Gasteiger partial charge in [-0.3, -0.25) is 0 Å². The van der Waals surface area contributed by atoms with Crippen LogP contribution in [0.5, 0.6) is 0 Å². The summed E-state index contributed by atoms with van der Waals surface area (Å²) in [6, 6.07) is 0. The number of alkyl halides is 1. The molecule has 9 heavy (non-hydrogen) atoms. The smallest absolute Gasteiger partial charge is 0.109 e. The molecule has 0 fully saturated rings. The maximum absolute atomic E-state index is 12.6. The van der Waals surface area contributed by atoms with Crippen LogP contribution < -0.4 is 5.32 Å². The molecule has 0 rings (SSSR count). The van der Waals surface area contributed by atoms with Gasteiger partial charge < -0.3 is 5.32 Å². The van der Waals surface area contributed by atoms with E-state index in [9.17, 15) is 4.39 Å². The first-order valence-electron chi connectivity index (χ1n) is 3.07. The molecular formula is C7H14FN. The van der Waals surface area contributed by atoms with Gasteiger partial charge in [0.2, 0.25) is 0 Å². The quantitative estimate of drug-likeness (QED) is 0.616. The third-order valence-electron chi connectivity index (χ3n) is 0.888. The van der Waals surface area contributed by atoms with E-state index in [2.05, 4.69) is 5.32 Å². The Kier molecular flexibility index (Phi) is 3.28. The zero-order valence-electron chi connectivity index (χ0n) is 6.24. The molecule has 0 aliphatic heterocycles. The molecule has 0 aliphatic rings. The molecule has 2 heteroatoms. The van der Waals surface area contributed by atoms with Crippen LogP contribution in [0.25, 0.3) is 0 Å². The van der Waals surface area contributed by atoms with Gasteiger partial charge in [0.1, 0.15) is 5.67 Å². The molecule has 0 aliphatic carbocycles. The third kappa shape index (κ3) is 7.47. The molecule has 0 saturated heterocycles. The summed E-state index contributed by atoms with van der Waals surface area (Å²) in [5.74, 6) is 0. The van der Waals surface area contributed by atoms with Gasteiger partial charge in [-0.1, -0.05) is 6.08 Å². The van der Waals surface area contributed by atoms with Gasteiger partial charge in [0.15, 0.2) is 0 Å². The molecule has 0 saturated carbocycles. The van der Waals surface area contributed by atoms with Crippen LogP contribution >= 0.6 is 0 Å². The molecule has 0 aromatic rings. The molecule has 0 aromatic carbocycles. The van der Waals surface area contributed by atoms with Crippen molar-refractivity contribution in [3.05, 3.63) is 12.3 Å². The van der Waals surface area contributed by atoms with Gasteiger partial charge in [-0.2, -0.15) is 0 Å². The molecule has 0 atom stereocenters. The molecule has 0 bridgehead atoms. The summed E-state index contributed by atoms with van der Waals surface area (Å²) in [6.45, 7) is 3.12. The number of rotatable bonds is 3. The molecule has 0 amide bonds. The Morgan fingerprint density at radius 1 is 1.56 bits per heavy atom. The first-order chi connectivity index (χ1) is 4.06. The lowest BCUT2D eigenvalue weighted by Crippen LogP contribution is -2.09. The monoisotopic (exact) mass is 131 g/mol. The number of hydrogen-bond donors (Lipinski definition) is 1. The summed E-state index contributed by atoms with van der Waals surface area (Å²) < 4.78 is 12.6. The predicted molar refractivity (Wildman–Crippen MR) is 38.0 cm³/mol. The fourth-order valence-electron chi connectivity index (χ4n) is 0.457. The van der Waals surface area contributed by atoms with Gasteiger partial charge in [-0.15, -0.1) is 0 Å². The maximum Gasteiger partial charge on any atom is 0.109 e. The topological polar surface area (TPSA) is 12.0 Å². The van der Waals surface area contributed by atoms with E-state index in [-0.39, 0.29) is 0 Å². The van der Waals surface area contributed by atoms with E-state index in [1.807, 2.05) is 0 Å². The van der Waals surface area contributed by atoms with Gasteiger partial charge in [-0.25, -0.2) is 4.39 Å². The van der Waals surface area contributed by atoms with Crippen molar-refractivity contribution in [1.29, 1.82) is 0 Å². The van der Waals surface area contributed by atoms with Gasteiger partial charge in [0, 0.05) is 13.5 Å². The second-order valence-electron chi connectivity index (χ2n) is 2.61. The zero-order chi connectivity index (χ0) is 7.33. The molecule has 0 heterocycles. The summed E-state index contributed by atoms with van der Waals surface area (Å²) in [7, 11) is 1.79. The SMILES string of the molecule is CN/C=C\CC(C)(C)F. The first kappa shape index (κ1) is 8.47. The second kappa shape index (κ2) is 3.49. The lowest BCUT2D eigenvalue weighted by Gasteiger charge is -2.09. The van der Waals surface area contributed by atoms with Crippen molar-refractivity contribution in [1.82, 2.24) is 5.32 Å². The van der Waals surface area contributed by atoms with Crippen molar-refractivity contribution in [2.45, 2.75) is 25.9 Å². The van der Waals surface area contributed by atoms with Gasteiger partial charge >= 0.3 is 0 Å². The van der Waals surface area contributed by atoms with E-state index in [4.69, 9.17) is 0 Å². The summed E-state index contributed by atoms with van der Waals surface area (Å²) in [4.78, 5) is 0. The van der Waals surface area contributed by atoms with Crippen LogP contribution in [-0.2, 0) is 0 Å². The van der Waals surface area contributed by atoms with Crippen LogP contribution in [0.4, 0.5) is 4.39 Å². The fraction of sp³-hybridized carbons (Fsp3) is 0.714. The van der Waals surface area contributed by atoms with E-state index in [0.717, 1.165) is 0 Å². The van der Waals surface area contributed by atoms with Crippen LogP contribution in [0.15, 0.2) is 12.3 Å². The molecule has 0 spiro atoms. The summed E-state index contributed by atoms with van der Waals surface area (Å²) in [5, 5.41) is 2.79. The molecule has 0 aromatic heterocycles. The first-order valence-corrected chi connectivity index (χ1v) is 3.07. The number of hydrogen-bond acceptors (Lipinski definition) is 1. The van der Waals surface area contributed by atoms with Crippen molar-refractivity contribution in [2.24, 2.45) is 0 Å². The number of allylic oxidation sites excluding steroid dienone is 1. The zero-order valence-corrected chi connectivity index (χ0v) is 6.24. The van der Waals surface area contributed by atoms with E-state index in [1.54, 1.807) is 33.2 Å². The van der Waals surface area contributed by atoms with Crippen LogP contribution in [0.1, 0.15) is 20.3 Å². The molecule has 0 unspecified atom stereocenters. The Labute approximate surface area is 56.0 Å². The lowest BCUT2D eigenvalue weighted by molar-refractivity contribution is 0.221. The van der Waals surface area contributed by atoms with E-state index in [0.29, 0.717) is 6.42 Å². The van der Waals surface area contributed by atoms with Gasteiger partial charge in [0.25, 0.3) is 0 Å². The minimum absolute atomic E-state index is 0.466. The highest BCUT2D eigenvalue weighted by Gasteiger charge is 2.11. The Bertz CT molecular complexity index is 91.6. The number of nitrogens with one attached hydrogen (secondary N) is 1. The normalized spacial score (nSPS) is 12.4. The Morgan fingerprint density at radius 2 is 2.11 bits per heavy atom. The van der Waals surface area contributed by atoms with Crippen LogP contribution in [0.2, 0.25) is 0 Å². The fourth-order valence-corrected chi connectivity index (χ4v) is 0.457. The minimum Gasteiger partial charge on any atom is -0.394 e. The van der Waals surface area contributed by atoms with Crippen LogP contribution in [0, 0.1) is 0 Å². The van der Waals surface area contributed by atoms with Crippen molar-refractivity contribution >= 4 is 0 Å². The van der Waals surface area contributed by atoms with Gasteiger partial charge in [-0.05, 0) is 20.0 Å². The van der Waals surface area contributed by atoms with Crippen molar-refractivity contribution < 1.29 is 4.39 Å². The van der Waals surface area contributed by atoms with E-state index >= 15 is 0 Å². The molecule has 54 valence electrons. The molecule has 0 radical (unpaired) electrons. The standard InChI is InChI=1S/C7H14FN/c1-7(2,8)5-4-6-9-3/h4,6,9H,5H2,1-3H3/b6-4-. The highest BCUT2D eigenvalue weighted by atomic mass is 19.1. The minimum atomic E-state index is -1.08. The lowest BCUT2D eigenvalue weighted by atomic mass is 10.1. The van der Waals surface area contributed by atoms with Crippen molar-refractivity contribution in [2.75, 3.05) is 7.05 Å². The summed E-state index contributed by atoms with van der Waals surface area (Å²) in [5.41, 5.74) is -1.08. The summed E-state index contributed by atoms with van der Waals surface area (Å²) in [6.07, 6.45) is 3.98. The molecule has 1 N–H and O–H groups in total. The molecule has 1 nitrogen and oxygen atoms in total. The van der Waals surface area contributed by atoms with Crippen LogP contribution in [-0.4, -0.2) is 12.7 Å². The van der Waals surface area contributed by atoms with Gasteiger partial charge in [0.05, 0.1) is 0 Å². The number of halogens is 1.